The molecule has 116 valence electrons. The van der Waals surface area contributed by atoms with Crippen LogP contribution in [-0.4, -0.2) is 31.0 Å². The van der Waals surface area contributed by atoms with Crippen LogP contribution in [0.4, 0.5) is 4.79 Å². The summed E-state index contributed by atoms with van der Waals surface area (Å²) in [7, 11) is -4.16. The predicted molar refractivity (Wildman–Crippen MR) is 76.7 cm³/mol. The first-order valence-corrected chi connectivity index (χ1v) is 7.91. The third-order valence-electron chi connectivity index (χ3n) is 3.12. The van der Waals surface area contributed by atoms with E-state index in [9.17, 15) is 13.2 Å². The van der Waals surface area contributed by atoms with Crippen molar-refractivity contribution in [3.05, 3.63) is 35.9 Å². The Morgan fingerprint density at radius 3 is 2.38 bits per heavy atom. The van der Waals surface area contributed by atoms with Gasteiger partial charge in [0.15, 0.2) is 0 Å². The van der Waals surface area contributed by atoms with E-state index in [1.165, 1.54) is 0 Å². The maximum absolute atomic E-state index is 12.3. The van der Waals surface area contributed by atoms with Gasteiger partial charge in [-0.05, 0) is 33.3 Å². The lowest BCUT2D eigenvalue weighted by atomic mass is 9.93. The zero-order chi connectivity index (χ0) is 15.9. The first-order valence-electron chi connectivity index (χ1n) is 6.55. The van der Waals surface area contributed by atoms with Crippen molar-refractivity contribution in [3.63, 3.8) is 0 Å². The SMILES string of the molecule is CC(C)(C)OC(=O)N1[C@@](C)(c2ccccc2)COS1(=O)=O. The van der Waals surface area contributed by atoms with Gasteiger partial charge in [0.25, 0.3) is 0 Å². The van der Waals surface area contributed by atoms with E-state index in [2.05, 4.69) is 0 Å². The second-order valence-corrected chi connectivity index (χ2v) is 7.56. The van der Waals surface area contributed by atoms with Crippen LogP contribution < -0.4 is 0 Å². The molecular weight excluding hydrogens is 294 g/mol. The minimum atomic E-state index is -4.16. The summed E-state index contributed by atoms with van der Waals surface area (Å²) in [5, 5.41) is 0. The number of nitrogens with zero attached hydrogens (tertiary/aromatic N) is 1. The van der Waals surface area contributed by atoms with E-state index in [1.807, 2.05) is 6.07 Å². The van der Waals surface area contributed by atoms with E-state index in [-0.39, 0.29) is 6.61 Å². The van der Waals surface area contributed by atoms with E-state index in [0.717, 1.165) is 0 Å². The number of hydrogen-bond acceptors (Lipinski definition) is 5. The Kier molecular flexibility index (Phi) is 3.75. The van der Waals surface area contributed by atoms with Crippen LogP contribution in [0.1, 0.15) is 33.3 Å². The third kappa shape index (κ3) is 3.03. The second kappa shape index (κ2) is 4.99. The highest BCUT2D eigenvalue weighted by atomic mass is 32.2. The van der Waals surface area contributed by atoms with Gasteiger partial charge in [0, 0.05) is 0 Å². The summed E-state index contributed by atoms with van der Waals surface area (Å²) in [6.07, 6.45) is -0.939. The normalized spacial score (nSPS) is 24.9. The molecule has 0 spiro atoms. The molecular formula is C14H19NO5S. The van der Waals surface area contributed by atoms with Crippen molar-refractivity contribution < 1.29 is 22.1 Å². The third-order valence-corrected chi connectivity index (χ3v) is 4.53. The fourth-order valence-corrected chi connectivity index (χ4v) is 3.50. The highest BCUT2D eigenvalue weighted by molar-refractivity contribution is 7.85. The van der Waals surface area contributed by atoms with Crippen LogP contribution in [0.25, 0.3) is 0 Å². The number of hydrogen-bond donors (Lipinski definition) is 0. The molecule has 1 aromatic rings. The Labute approximate surface area is 124 Å². The zero-order valence-electron chi connectivity index (χ0n) is 12.5. The molecule has 0 aliphatic carbocycles. The van der Waals surface area contributed by atoms with Gasteiger partial charge in [-0.1, -0.05) is 30.3 Å². The van der Waals surface area contributed by atoms with Crippen LogP contribution in [0.3, 0.4) is 0 Å². The van der Waals surface area contributed by atoms with Gasteiger partial charge in [-0.25, -0.2) is 4.79 Å². The lowest BCUT2D eigenvalue weighted by Gasteiger charge is -2.32. The van der Waals surface area contributed by atoms with Gasteiger partial charge in [0.2, 0.25) is 0 Å². The maximum atomic E-state index is 12.3. The second-order valence-electron chi connectivity index (χ2n) is 6.10. The lowest BCUT2D eigenvalue weighted by molar-refractivity contribution is 0.0266. The first-order chi connectivity index (χ1) is 9.56. The van der Waals surface area contributed by atoms with E-state index >= 15 is 0 Å². The molecule has 7 heteroatoms. The quantitative estimate of drug-likeness (QED) is 0.796. The molecule has 21 heavy (non-hydrogen) atoms. The van der Waals surface area contributed by atoms with Crippen molar-refractivity contribution in [2.24, 2.45) is 0 Å². The number of rotatable bonds is 1. The van der Waals surface area contributed by atoms with Gasteiger partial charge in [0.05, 0.1) is 6.61 Å². The fourth-order valence-electron chi connectivity index (χ4n) is 2.14. The summed E-state index contributed by atoms with van der Waals surface area (Å²) in [5.74, 6) is 0. The Bertz CT molecular complexity index is 635. The average Bonchev–Trinajstić information content (AvgIpc) is 2.60. The molecule has 1 aromatic carbocycles. The van der Waals surface area contributed by atoms with Crippen LogP contribution in [0.5, 0.6) is 0 Å². The maximum Gasteiger partial charge on any atom is 0.426 e. The monoisotopic (exact) mass is 313 g/mol. The van der Waals surface area contributed by atoms with Crippen LogP contribution in [0.2, 0.25) is 0 Å². The first kappa shape index (κ1) is 15.8. The van der Waals surface area contributed by atoms with Gasteiger partial charge in [-0.15, -0.1) is 0 Å². The molecule has 6 nitrogen and oxygen atoms in total. The van der Waals surface area contributed by atoms with Crippen molar-refractivity contribution in [1.82, 2.24) is 4.31 Å². The number of carbonyl (C=O) groups excluding carboxylic acids is 1. The van der Waals surface area contributed by atoms with Crippen molar-refractivity contribution >= 4 is 16.4 Å². The molecule has 1 saturated heterocycles. The Balaban J connectivity index is 2.45. The molecule has 0 N–H and O–H groups in total. The van der Waals surface area contributed by atoms with E-state index in [0.29, 0.717) is 9.87 Å². The van der Waals surface area contributed by atoms with Crippen molar-refractivity contribution in [3.8, 4) is 0 Å². The number of benzene rings is 1. The summed E-state index contributed by atoms with van der Waals surface area (Å²) in [6, 6.07) is 8.87. The molecule has 0 radical (unpaired) electrons. The largest absolute Gasteiger partial charge is 0.443 e. The molecule has 0 aromatic heterocycles. The van der Waals surface area contributed by atoms with Gasteiger partial charge in [-0.2, -0.15) is 12.7 Å². The van der Waals surface area contributed by atoms with Crippen LogP contribution in [-0.2, 0) is 24.8 Å². The minimum Gasteiger partial charge on any atom is -0.443 e. The Morgan fingerprint density at radius 2 is 1.86 bits per heavy atom. The molecule has 1 amide bonds. The summed E-state index contributed by atoms with van der Waals surface area (Å²) >= 11 is 0. The fraction of sp³-hybridized carbons (Fsp3) is 0.500. The molecule has 0 bridgehead atoms. The van der Waals surface area contributed by atoms with Crippen molar-refractivity contribution in [2.45, 2.75) is 38.8 Å². The molecule has 1 atom stereocenters. The number of amides is 1. The Morgan fingerprint density at radius 1 is 1.29 bits per heavy atom. The summed E-state index contributed by atoms with van der Waals surface area (Å²) in [6.45, 7) is 6.52. The van der Waals surface area contributed by atoms with E-state index in [4.69, 9.17) is 8.92 Å². The molecule has 1 fully saturated rings. The smallest absolute Gasteiger partial charge is 0.426 e. The summed E-state index contributed by atoms with van der Waals surface area (Å²) in [5.41, 5.74) is -1.26. The molecule has 1 aliphatic rings. The van der Waals surface area contributed by atoms with E-state index in [1.54, 1.807) is 52.0 Å². The average molecular weight is 313 g/mol. The topological polar surface area (TPSA) is 72.9 Å². The number of ether oxygens (including phenoxy) is 1. The van der Waals surface area contributed by atoms with Crippen LogP contribution in [0, 0.1) is 0 Å². The lowest BCUT2D eigenvalue weighted by Crippen LogP contribution is -2.48. The van der Waals surface area contributed by atoms with Crippen LogP contribution in [0.15, 0.2) is 30.3 Å². The van der Waals surface area contributed by atoms with E-state index < -0.39 is 27.5 Å². The molecule has 1 aliphatic heterocycles. The standard InChI is InChI=1S/C14H19NO5S/c1-13(2,3)20-12(16)15-14(4,10-19-21(15,17)18)11-8-6-5-7-9-11/h5-9H,10H2,1-4H3/t14-/m1/s1. The van der Waals surface area contributed by atoms with Gasteiger partial charge in [0.1, 0.15) is 11.1 Å². The molecule has 1 heterocycles. The van der Waals surface area contributed by atoms with Crippen LogP contribution >= 0.6 is 0 Å². The van der Waals surface area contributed by atoms with Gasteiger partial charge in [-0.3, -0.25) is 4.18 Å². The predicted octanol–water partition coefficient (Wildman–Crippen LogP) is 2.41. The highest BCUT2D eigenvalue weighted by Gasteiger charge is 2.53. The highest BCUT2D eigenvalue weighted by Crippen LogP contribution is 2.38. The number of carbonyl (C=O) groups is 1. The Hall–Kier alpha value is -1.60. The van der Waals surface area contributed by atoms with Gasteiger partial charge >= 0.3 is 16.4 Å². The van der Waals surface area contributed by atoms with Crippen molar-refractivity contribution in [2.75, 3.05) is 6.61 Å². The minimum absolute atomic E-state index is 0.140. The zero-order valence-corrected chi connectivity index (χ0v) is 13.3. The summed E-state index contributed by atoms with van der Waals surface area (Å²) in [4.78, 5) is 12.3. The van der Waals surface area contributed by atoms with Crippen molar-refractivity contribution in [1.29, 1.82) is 0 Å². The molecule has 0 unspecified atom stereocenters. The molecule has 2 rings (SSSR count). The summed E-state index contributed by atoms with van der Waals surface area (Å²) < 4.78 is 34.9. The van der Waals surface area contributed by atoms with Gasteiger partial charge < -0.3 is 4.74 Å². The molecule has 0 saturated carbocycles.